The summed E-state index contributed by atoms with van der Waals surface area (Å²) in [6.45, 7) is 16.0. The Bertz CT molecular complexity index is 2330. The van der Waals surface area contributed by atoms with Crippen LogP contribution in [0.5, 0.6) is 0 Å². The molecule has 0 fully saturated rings. The molecule has 0 aliphatic carbocycles. The molecule has 0 unspecified atom stereocenters. The average molecular weight is 730 g/mol. The summed E-state index contributed by atoms with van der Waals surface area (Å²) in [5, 5.41) is 0. The third-order valence-corrected chi connectivity index (χ3v) is 9.93. The third kappa shape index (κ3) is 10.4. The summed E-state index contributed by atoms with van der Waals surface area (Å²) in [5.41, 5.74) is 16.2. The molecule has 0 spiro atoms. The van der Waals surface area contributed by atoms with Crippen LogP contribution in [0.3, 0.4) is 0 Å². The number of benzene rings is 3. The van der Waals surface area contributed by atoms with E-state index in [9.17, 15) is 0 Å². The first-order chi connectivity index (χ1) is 28.9. The fourth-order valence-electron chi connectivity index (χ4n) is 6.92. The monoisotopic (exact) mass is 730 g/mol. The van der Waals surface area contributed by atoms with E-state index in [1.165, 1.54) is 40.4 Å². The molecule has 282 valence electrons. The minimum absolute atomic E-state index is 0.331. The first-order valence-electron chi connectivity index (χ1n) is 23.2. The fraction of sp³-hybridized carbons (Fsp3) is 0.353. The Morgan fingerprint density at radius 1 is 0.537 bits per heavy atom. The number of hydrogen-bond donors (Lipinski definition) is 0. The van der Waals surface area contributed by atoms with E-state index < -0.39 is 26.0 Å². The van der Waals surface area contributed by atoms with Gasteiger partial charge in [-0.2, -0.15) is 0 Å². The van der Waals surface area contributed by atoms with Crippen LogP contribution in [-0.4, -0.2) is 0 Å². The molecular weight excluding hydrogens is 655 g/mol. The molecule has 0 amide bonds. The van der Waals surface area contributed by atoms with Crippen molar-refractivity contribution in [3.8, 4) is 33.8 Å². The molecule has 3 nitrogen and oxygen atoms in total. The number of rotatable bonds is 6. The summed E-state index contributed by atoms with van der Waals surface area (Å²) in [7, 11) is 5.85. The lowest BCUT2D eigenvalue weighted by Crippen LogP contribution is -2.32. The molecule has 54 heavy (non-hydrogen) atoms. The molecule has 3 aromatic heterocycles. The van der Waals surface area contributed by atoms with E-state index in [4.69, 9.17) is 12.3 Å². The Balaban J connectivity index is 0.000000208. The summed E-state index contributed by atoms with van der Waals surface area (Å²) < 4.78 is 74.5. The molecule has 6 rings (SSSR count). The van der Waals surface area contributed by atoms with Gasteiger partial charge in [0.15, 0.2) is 18.6 Å². The van der Waals surface area contributed by atoms with Gasteiger partial charge in [-0.25, -0.2) is 13.7 Å². The zero-order valence-electron chi connectivity index (χ0n) is 43.7. The molecule has 3 heteroatoms. The normalized spacial score (nSPS) is 14.3. The van der Waals surface area contributed by atoms with Gasteiger partial charge < -0.3 is 0 Å². The van der Waals surface area contributed by atoms with Gasteiger partial charge in [-0.05, 0) is 125 Å². The Morgan fingerprint density at radius 2 is 1.04 bits per heavy atom. The predicted molar refractivity (Wildman–Crippen MR) is 230 cm³/mol. The smallest absolute Gasteiger partial charge is 0.201 e. The van der Waals surface area contributed by atoms with Crippen LogP contribution in [-0.2, 0) is 27.5 Å². The van der Waals surface area contributed by atoms with Crippen molar-refractivity contribution in [2.24, 2.45) is 21.1 Å². The number of nitrogens with zero attached hydrogens (tertiary/aromatic N) is 3. The molecular formula is C51H66N3+3. The average Bonchev–Trinajstić information content (AvgIpc) is 3.14. The molecule has 0 radical (unpaired) electrons. The molecule has 0 atom stereocenters. The van der Waals surface area contributed by atoms with Crippen molar-refractivity contribution in [1.82, 2.24) is 0 Å². The minimum Gasteiger partial charge on any atom is -0.201 e. The molecule has 3 aromatic carbocycles. The second kappa shape index (κ2) is 18.4. The van der Waals surface area contributed by atoms with Crippen LogP contribution in [0.25, 0.3) is 33.8 Å². The highest BCUT2D eigenvalue weighted by Crippen LogP contribution is 2.27. The van der Waals surface area contributed by atoms with Gasteiger partial charge in [0.2, 0.25) is 17.1 Å². The highest BCUT2D eigenvalue weighted by molar-refractivity contribution is 5.64. The lowest BCUT2D eigenvalue weighted by atomic mass is 9.95. The van der Waals surface area contributed by atoms with E-state index in [0.717, 1.165) is 39.2 Å². The van der Waals surface area contributed by atoms with Gasteiger partial charge in [-0.1, -0.05) is 82.1 Å². The number of hydrogen-bond acceptors (Lipinski definition) is 0. The minimum atomic E-state index is -2.10. The molecule has 0 bridgehead atoms. The summed E-state index contributed by atoms with van der Waals surface area (Å²) in [6.07, 6.45) is 4.27. The SMILES string of the molecule is Cc1ccc(-c2cc(C(C)C)c(C)c[n+]2C)c(C)c1.[2H]C([2H])([2H])c1ccc(-c2ccc(C([2H])(C)C)cc2C)[n+](C)c1.[2H]C([2H])([2H])c1ccc(-c2ccc(C([2H])([2H])C)c[n+]2C)c(C)c1. The first kappa shape index (κ1) is 30.4. The standard InChI is InChI=1S/C18H24N.C17H22N.C16H20N/c1-12(2)17-10-18(19(6)11-15(17)5)16-8-7-13(3)9-14(16)4;1-12(2)15-7-8-16(14(4)10-15)17-9-6-13(3)11-18(17)5;1-5-14-7-9-16(17(4)11-14)15-8-6-12(2)10-13(15)3/h7-12H,1-6H3;6-12H,1-5H3;6-11H,5H2,1-4H3/q3*+1/i;3D3,12D;2D3,5D2. The molecule has 6 aromatic rings. The number of aryl methyl sites for hydroxylation is 11. The van der Waals surface area contributed by atoms with Crippen molar-refractivity contribution < 1.29 is 26.0 Å². The van der Waals surface area contributed by atoms with Gasteiger partial charge >= 0.3 is 0 Å². The van der Waals surface area contributed by atoms with E-state index in [-0.39, 0.29) is 0 Å². The van der Waals surface area contributed by atoms with E-state index in [2.05, 4.69) is 76.7 Å². The van der Waals surface area contributed by atoms with Crippen LogP contribution in [0.4, 0.5) is 0 Å². The molecule has 0 aliphatic heterocycles. The van der Waals surface area contributed by atoms with Gasteiger partial charge in [0.1, 0.15) is 21.1 Å². The van der Waals surface area contributed by atoms with Gasteiger partial charge in [0, 0.05) is 63.9 Å². The highest BCUT2D eigenvalue weighted by atomic mass is 14.9. The summed E-state index contributed by atoms with van der Waals surface area (Å²) in [4.78, 5) is 0. The van der Waals surface area contributed by atoms with Gasteiger partial charge in [-0.15, -0.1) is 0 Å². The Morgan fingerprint density at radius 3 is 1.56 bits per heavy atom. The van der Waals surface area contributed by atoms with Crippen LogP contribution in [0.2, 0.25) is 0 Å². The van der Waals surface area contributed by atoms with Gasteiger partial charge in [-0.3, -0.25) is 0 Å². The maximum Gasteiger partial charge on any atom is 0.212 e. The lowest BCUT2D eigenvalue weighted by Gasteiger charge is -2.12. The Kier molecular flexibility index (Phi) is 10.4. The molecule has 0 saturated heterocycles. The molecule has 0 N–H and O–H groups in total. The molecule has 0 saturated carbocycles. The van der Waals surface area contributed by atoms with E-state index in [0.29, 0.717) is 22.6 Å². The second-order valence-corrected chi connectivity index (χ2v) is 15.0. The molecule has 0 aliphatic rings. The first-order valence-corrected chi connectivity index (χ1v) is 18.7. The van der Waals surface area contributed by atoms with E-state index >= 15 is 0 Å². The lowest BCUT2D eigenvalue weighted by molar-refractivity contribution is -0.660. The number of pyridine rings is 3. The predicted octanol–water partition coefficient (Wildman–Crippen LogP) is 11.5. The van der Waals surface area contributed by atoms with E-state index in [1.54, 1.807) is 36.7 Å². The van der Waals surface area contributed by atoms with E-state index in [1.807, 2.05) is 87.3 Å². The van der Waals surface area contributed by atoms with Crippen LogP contribution >= 0.6 is 0 Å². The highest BCUT2D eigenvalue weighted by Gasteiger charge is 2.18. The number of aromatic nitrogens is 3. The molecule has 3 heterocycles. The quantitative estimate of drug-likeness (QED) is 0.151. The maximum absolute atomic E-state index is 8.12. The maximum atomic E-state index is 8.12. The fourth-order valence-corrected chi connectivity index (χ4v) is 6.92. The zero-order chi connectivity index (χ0) is 47.6. The summed E-state index contributed by atoms with van der Waals surface area (Å²) in [6, 6.07) is 27.3. The largest absolute Gasteiger partial charge is 0.212 e. The van der Waals surface area contributed by atoms with Gasteiger partial charge in [0.05, 0.1) is 0 Å². The van der Waals surface area contributed by atoms with Crippen LogP contribution in [0.15, 0.2) is 104 Å². The Labute approximate surface area is 340 Å². The van der Waals surface area contributed by atoms with Crippen LogP contribution < -0.4 is 13.7 Å². The van der Waals surface area contributed by atoms with Crippen molar-refractivity contribution in [1.29, 1.82) is 0 Å². The summed E-state index contributed by atoms with van der Waals surface area (Å²) >= 11 is 0. The topological polar surface area (TPSA) is 11.6 Å². The zero-order valence-corrected chi connectivity index (χ0v) is 34.7. The van der Waals surface area contributed by atoms with Crippen molar-refractivity contribution >= 4 is 0 Å². The summed E-state index contributed by atoms with van der Waals surface area (Å²) in [5.74, 6) is -0.0675. The van der Waals surface area contributed by atoms with Crippen molar-refractivity contribution in [3.05, 3.63) is 159 Å². The third-order valence-electron chi connectivity index (χ3n) is 9.93. The van der Waals surface area contributed by atoms with Crippen LogP contribution in [0.1, 0.15) is 114 Å². The van der Waals surface area contributed by atoms with Crippen molar-refractivity contribution in [2.45, 2.75) is 101 Å². The Hall–Kier alpha value is -4.89. The second-order valence-electron chi connectivity index (χ2n) is 15.0. The van der Waals surface area contributed by atoms with Gasteiger partial charge in [0.25, 0.3) is 0 Å². The van der Waals surface area contributed by atoms with Crippen LogP contribution in [0, 0.1) is 48.3 Å². The van der Waals surface area contributed by atoms with Crippen molar-refractivity contribution in [3.63, 3.8) is 0 Å². The van der Waals surface area contributed by atoms with Crippen molar-refractivity contribution in [2.75, 3.05) is 0 Å².